The average Bonchev–Trinajstić information content (AvgIpc) is 3.24. The lowest BCUT2D eigenvalue weighted by Crippen LogP contribution is -2.33. The van der Waals surface area contributed by atoms with Gasteiger partial charge in [-0.05, 0) is 48.0 Å². The van der Waals surface area contributed by atoms with E-state index in [1.54, 1.807) is 14.2 Å². The summed E-state index contributed by atoms with van der Waals surface area (Å²) >= 11 is 0. The SMILES string of the molecule is COc1ccc(C2=NN3[C@H](C2)c2cc(OC)ccc2O[C@H]3c2ccccc2)cc1. The first kappa shape index (κ1) is 17.6. The van der Waals surface area contributed by atoms with Crippen molar-refractivity contribution >= 4 is 5.71 Å². The van der Waals surface area contributed by atoms with E-state index in [9.17, 15) is 0 Å². The van der Waals surface area contributed by atoms with Crippen molar-refractivity contribution in [3.63, 3.8) is 0 Å². The van der Waals surface area contributed by atoms with Crippen LogP contribution in [-0.4, -0.2) is 24.9 Å². The largest absolute Gasteiger partial charge is 0.497 e. The zero-order chi connectivity index (χ0) is 19.8. The van der Waals surface area contributed by atoms with Gasteiger partial charge in [0.05, 0.1) is 26.0 Å². The lowest BCUT2D eigenvalue weighted by molar-refractivity contribution is -0.0191. The van der Waals surface area contributed by atoms with Crippen LogP contribution in [0.5, 0.6) is 17.2 Å². The van der Waals surface area contributed by atoms with Crippen molar-refractivity contribution < 1.29 is 14.2 Å². The molecule has 2 atom stereocenters. The topological polar surface area (TPSA) is 43.3 Å². The van der Waals surface area contributed by atoms with Gasteiger partial charge in [-0.1, -0.05) is 30.3 Å². The quantitative estimate of drug-likeness (QED) is 0.637. The first-order valence-corrected chi connectivity index (χ1v) is 9.66. The molecule has 0 unspecified atom stereocenters. The molecular formula is C24H22N2O3. The Labute approximate surface area is 170 Å². The number of hydrazone groups is 1. The summed E-state index contributed by atoms with van der Waals surface area (Å²) in [5.74, 6) is 2.54. The fourth-order valence-corrected chi connectivity index (χ4v) is 3.99. The molecule has 3 aromatic carbocycles. The lowest BCUT2D eigenvalue weighted by Gasteiger charge is -2.38. The number of hydrogen-bond donors (Lipinski definition) is 0. The van der Waals surface area contributed by atoms with Crippen LogP contribution in [0.2, 0.25) is 0 Å². The van der Waals surface area contributed by atoms with Gasteiger partial charge in [-0.15, -0.1) is 0 Å². The van der Waals surface area contributed by atoms with E-state index in [4.69, 9.17) is 19.3 Å². The molecule has 2 aliphatic heterocycles. The maximum Gasteiger partial charge on any atom is 0.213 e. The fourth-order valence-electron chi connectivity index (χ4n) is 3.99. The monoisotopic (exact) mass is 386 g/mol. The van der Waals surface area contributed by atoms with Crippen molar-refractivity contribution in [1.82, 2.24) is 5.01 Å². The lowest BCUT2D eigenvalue weighted by atomic mass is 9.95. The summed E-state index contributed by atoms with van der Waals surface area (Å²) in [4.78, 5) is 0. The Hall–Kier alpha value is -3.47. The van der Waals surface area contributed by atoms with Crippen LogP contribution in [0, 0.1) is 0 Å². The molecular weight excluding hydrogens is 364 g/mol. The predicted molar refractivity (Wildman–Crippen MR) is 112 cm³/mol. The van der Waals surface area contributed by atoms with E-state index in [1.807, 2.05) is 42.5 Å². The number of fused-ring (bicyclic) bond motifs is 3. The molecule has 0 fully saturated rings. The molecule has 29 heavy (non-hydrogen) atoms. The highest BCUT2D eigenvalue weighted by Crippen LogP contribution is 2.48. The fraction of sp³-hybridized carbons (Fsp3) is 0.208. The van der Waals surface area contributed by atoms with Crippen molar-refractivity contribution in [2.75, 3.05) is 14.2 Å². The summed E-state index contributed by atoms with van der Waals surface area (Å²) < 4.78 is 17.1. The third kappa shape index (κ3) is 3.09. The van der Waals surface area contributed by atoms with E-state index in [1.165, 1.54) is 0 Å². The normalized spacial score (nSPS) is 19.7. The minimum absolute atomic E-state index is 0.0937. The molecule has 2 heterocycles. The highest BCUT2D eigenvalue weighted by Gasteiger charge is 2.41. The van der Waals surface area contributed by atoms with Gasteiger partial charge in [-0.25, -0.2) is 5.01 Å². The molecule has 0 saturated heterocycles. The van der Waals surface area contributed by atoms with Crippen molar-refractivity contribution in [1.29, 1.82) is 0 Å². The molecule has 146 valence electrons. The van der Waals surface area contributed by atoms with E-state index < -0.39 is 0 Å². The predicted octanol–water partition coefficient (Wildman–Crippen LogP) is 4.95. The molecule has 5 nitrogen and oxygen atoms in total. The van der Waals surface area contributed by atoms with Crippen LogP contribution in [0.4, 0.5) is 0 Å². The summed E-state index contributed by atoms with van der Waals surface area (Å²) in [6, 6.07) is 24.4. The number of benzene rings is 3. The van der Waals surface area contributed by atoms with Gasteiger partial charge >= 0.3 is 0 Å². The summed E-state index contributed by atoms with van der Waals surface area (Å²) in [7, 11) is 3.36. The van der Waals surface area contributed by atoms with Gasteiger partial charge in [0.2, 0.25) is 6.23 Å². The molecule has 0 radical (unpaired) electrons. The molecule has 2 aliphatic rings. The first-order chi connectivity index (χ1) is 14.3. The molecule has 0 spiro atoms. The third-order valence-corrected chi connectivity index (χ3v) is 5.50. The van der Waals surface area contributed by atoms with E-state index in [2.05, 4.69) is 35.3 Å². The Morgan fingerprint density at radius 2 is 1.62 bits per heavy atom. The molecule has 0 aromatic heterocycles. The van der Waals surface area contributed by atoms with E-state index >= 15 is 0 Å². The van der Waals surface area contributed by atoms with Gasteiger partial charge in [-0.3, -0.25) is 0 Å². The summed E-state index contributed by atoms with van der Waals surface area (Å²) in [6.07, 6.45) is 0.539. The van der Waals surface area contributed by atoms with E-state index in [0.717, 1.165) is 46.1 Å². The third-order valence-electron chi connectivity index (χ3n) is 5.50. The van der Waals surface area contributed by atoms with Gasteiger partial charge in [0, 0.05) is 17.5 Å². The highest BCUT2D eigenvalue weighted by atomic mass is 16.5. The number of ether oxygens (including phenoxy) is 3. The summed E-state index contributed by atoms with van der Waals surface area (Å²) in [5, 5.41) is 7.07. The van der Waals surface area contributed by atoms with Crippen molar-refractivity contribution in [2.45, 2.75) is 18.7 Å². The van der Waals surface area contributed by atoms with E-state index in [0.29, 0.717) is 0 Å². The second-order valence-electron chi connectivity index (χ2n) is 7.16. The Bertz CT molecular complexity index is 1050. The molecule has 5 rings (SSSR count). The Balaban J connectivity index is 1.57. The maximum absolute atomic E-state index is 6.40. The second-order valence-corrected chi connectivity index (χ2v) is 7.16. The smallest absolute Gasteiger partial charge is 0.213 e. The standard InChI is InChI=1S/C24H22N2O3/c1-27-18-10-8-16(9-11-18)21-15-22-20-14-19(28-2)12-13-23(20)29-24(26(22)25-21)17-6-4-3-5-7-17/h3-14,22,24H,15H2,1-2H3/t22-,24+/m1/s1. The Morgan fingerprint density at radius 1 is 0.897 bits per heavy atom. The van der Waals surface area contributed by atoms with Crippen molar-refractivity contribution in [3.8, 4) is 17.2 Å². The van der Waals surface area contributed by atoms with Crippen molar-refractivity contribution in [2.24, 2.45) is 5.10 Å². The average molecular weight is 386 g/mol. The van der Waals surface area contributed by atoms with Gasteiger partial charge < -0.3 is 14.2 Å². The van der Waals surface area contributed by atoms with E-state index in [-0.39, 0.29) is 12.3 Å². The highest BCUT2D eigenvalue weighted by molar-refractivity contribution is 6.02. The van der Waals surface area contributed by atoms with Crippen LogP contribution >= 0.6 is 0 Å². The molecule has 5 heteroatoms. The van der Waals surface area contributed by atoms with Crippen LogP contribution < -0.4 is 14.2 Å². The second kappa shape index (κ2) is 7.17. The number of nitrogens with zero attached hydrogens (tertiary/aromatic N) is 2. The molecule has 0 aliphatic carbocycles. The van der Waals surface area contributed by atoms with Gasteiger partial charge in [0.25, 0.3) is 0 Å². The Morgan fingerprint density at radius 3 is 2.34 bits per heavy atom. The summed E-state index contributed by atoms with van der Waals surface area (Å²) in [5.41, 5.74) is 4.32. The zero-order valence-corrected chi connectivity index (χ0v) is 16.4. The molecule has 3 aromatic rings. The van der Waals surface area contributed by atoms with Gasteiger partial charge in [0.1, 0.15) is 17.2 Å². The minimum Gasteiger partial charge on any atom is -0.497 e. The van der Waals surface area contributed by atoms with Crippen LogP contribution in [0.3, 0.4) is 0 Å². The van der Waals surface area contributed by atoms with Crippen molar-refractivity contribution in [3.05, 3.63) is 89.5 Å². The number of hydrogen-bond acceptors (Lipinski definition) is 5. The number of methoxy groups -OCH3 is 2. The van der Waals surface area contributed by atoms with Crippen LogP contribution in [-0.2, 0) is 0 Å². The Kier molecular flexibility index (Phi) is 4.35. The first-order valence-electron chi connectivity index (χ1n) is 9.66. The van der Waals surface area contributed by atoms with Crippen LogP contribution in [0.15, 0.2) is 77.9 Å². The van der Waals surface area contributed by atoms with Crippen LogP contribution in [0.25, 0.3) is 0 Å². The molecule has 0 bridgehead atoms. The zero-order valence-electron chi connectivity index (χ0n) is 16.4. The summed E-state index contributed by atoms with van der Waals surface area (Å²) in [6.45, 7) is 0. The van der Waals surface area contributed by atoms with Gasteiger partial charge in [0.15, 0.2) is 0 Å². The molecule has 0 amide bonds. The molecule has 0 saturated carbocycles. The van der Waals surface area contributed by atoms with Crippen LogP contribution in [0.1, 0.15) is 35.4 Å². The van der Waals surface area contributed by atoms with Gasteiger partial charge in [-0.2, -0.15) is 5.10 Å². The number of rotatable bonds is 4. The minimum atomic E-state index is -0.266. The maximum atomic E-state index is 6.40. The molecule has 0 N–H and O–H groups in total.